The molecule has 64 valence electrons. The van der Waals surface area contributed by atoms with E-state index in [1.54, 1.807) is 0 Å². The summed E-state index contributed by atoms with van der Waals surface area (Å²) in [6.07, 6.45) is 5.06. The summed E-state index contributed by atoms with van der Waals surface area (Å²) in [5.41, 5.74) is 3.77. The Hall–Kier alpha value is -1.11. The molecule has 0 aromatic carbocycles. The molecular weight excluding hydrogens is 146 g/mol. The zero-order valence-corrected chi connectivity index (χ0v) is 7.96. The minimum absolute atomic E-state index is 1.07. The fourth-order valence-electron chi connectivity index (χ4n) is 1.37. The second-order valence-electron chi connectivity index (χ2n) is 2.80. The fraction of sp³-hybridized carbons (Fsp3) is 0.364. The number of aromatic nitrogens is 1. The molecular formula is C11H15N. The topological polar surface area (TPSA) is 12.9 Å². The van der Waals surface area contributed by atoms with E-state index >= 15 is 0 Å². The second-order valence-corrected chi connectivity index (χ2v) is 2.80. The number of allylic oxidation sites excluding steroid dienone is 2. The minimum atomic E-state index is 1.07. The van der Waals surface area contributed by atoms with Crippen LogP contribution >= 0.6 is 0 Å². The monoisotopic (exact) mass is 161 g/mol. The third-order valence-corrected chi connectivity index (χ3v) is 2.08. The van der Waals surface area contributed by atoms with Crippen LogP contribution in [0, 0.1) is 6.92 Å². The lowest BCUT2D eigenvalue weighted by molar-refractivity contribution is 1.15. The maximum Gasteiger partial charge on any atom is 0.0447 e. The van der Waals surface area contributed by atoms with Gasteiger partial charge in [-0.1, -0.05) is 19.1 Å². The summed E-state index contributed by atoms with van der Waals surface area (Å²) >= 11 is 0. The van der Waals surface area contributed by atoms with E-state index < -0.39 is 0 Å². The number of aryl methyl sites for hydroxylation is 1. The predicted molar refractivity (Wildman–Crippen MR) is 52.9 cm³/mol. The summed E-state index contributed by atoms with van der Waals surface area (Å²) in [7, 11) is 0. The molecule has 0 spiro atoms. The molecule has 1 aromatic rings. The number of pyridine rings is 1. The molecule has 0 saturated carbocycles. The van der Waals surface area contributed by atoms with Crippen LogP contribution in [0.15, 0.2) is 24.4 Å². The molecule has 0 aliphatic heterocycles. The van der Waals surface area contributed by atoms with Gasteiger partial charge in [-0.2, -0.15) is 0 Å². The first kappa shape index (κ1) is 8.98. The van der Waals surface area contributed by atoms with Crippen molar-refractivity contribution in [3.8, 4) is 0 Å². The third kappa shape index (κ3) is 1.73. The van der Waals surface area contributed by atoms with Crippen LogP contribution < -0.4 is 0 Å². The van der Waals surface area contributed by atoms with E-state index in [9.17, 15) is 0 Å². The molecule has 0 aliphatic rings. The standard InChI is InChI=1S/C11H15N/c1-4-10(5-2)11-7-6-8-12-9(11)3/h4,6-8H,5H2,1-3H3/b10-4-. The normalized spacial score (nSPS) is 11.8. The maximum atomic E-state index is 4.26. The lowest BCUT2D eigenvalue weighted by Crippen LogP contribution is -1.89. The number of hydrogen-bond donors (Lipinski definition) is 0. The van der Waals surface area contributed by atoms with Crippen LogP contribution in [-0.2, 0) is 0 Å². The van der Waals surface area contributed by atoms with E-state index in [0.29, 0.717) is 0 Å². The van der Waals surface area contributed by atoms with Gasteiger partial charge < -0.3 is 0 Å². The first-order valence-electron chi connectivity index (χ1n) is 4.36. The van der Waals surface area contributed by atoms with Gasteiger partial charge in [0.15, 0.2) is 0 Å². The van der Waals surface area contributed by atoms with Gasteiger partial charge in [0.1, 0.15) is 0 Å². The number of hydrogen-bond acceptors (Lipinski definition) is 1. The average molecular weight is 161 g/mol. The minimum Gasteiger partial charge on any atom is -0.261 e. The Bertz CT molecular complexity index is 287. The average Bonchev–Trinajstić information content (AvgIpc) is 2.10. The van der Waals surface area contributed by atoms with Crippen LogP contribution in [-0.4, -0.2) is 4.98 Å². The van der Waals surface area contributed by atoms with E-state index in [4.69, 9.17) is 0 Å². The molecule has 1 rings (SSSR count). The summed E-state index contributed by atoms with van der Waals surface area (Å²) in [5.74, 6) is 0. The molecule has 0 atom stereocenters. The Morgan fingerprint density at radius 3 is 2.83 bits per heavy atom. The van der Waals surface area contributed by atoms with Gasteiger partial charge in [0, 0.05) is 11.9 Å². The molecule has 0 unspecified atom stereocenters. The summed E-state index contributed by atoms with van der Waals surface area (Å²) in [6.45, 7) is 6.29. The highest BCUT2D eigenvalue weighted by molar-refractivity contribution is 5.66. The van der Waals surface area contributed by atoms with E-state index in [-0.39, 0.29) is 0 Å². The molecule has 0 radical (unpaired) electrons. The van der Waals surface area contributed by atoms with Crippen molar-refractivity contribution < 1.29 is 0 Å². The molecule has 0 bridgehead atoms. The van der Waals surface area contributed by atoms with E-state index in [0.717, 1.165) is 12.1 Å². The molecule has 0 amide bonds. The Morgan fingerprint density at radius 2 is 2.33 bits per heavy atom. The molecule has 0 fully saturated rings. The van der Waals surface area contributed by atoms with E-state index in [1.165, 1.54) is 11.1 Å². The Labute approximate surface area is 74.2 Å². The summed E-state index contributed by atoms with van der Waals surface area (Å²) in [6, 6.07) is 4.11. The van der Waals surface area contributed by atoms with Crippen molar-refractivity contribution in [2.75, 3.05) is 0 Å². The van der Waals surface area contributed by atoms with Crippen LogP contribution in [0.2, 0.25) is 0 Å². The van der Waals surface area contributed by atoms with E-state index in [1.807, 2.05) is 12.3 Å². The van der Waals surface area contributed by atoms with Gasteiger partial charge in [-0.05, 0) is 37.5 Å². The van der Waals surface area contributed by atoms with Crippen LogP contribution in [0.3, 0.4) is 0 Å². The summed E-state index contributed by atoms with van der Waals surface area (Å²) in [4.78, 5) is 4.26. The van der Waals surface area contributed by atoms with Crippen LogP contribution in [0.4, 0.5) is 0 Å². The van der Waals surface area contributed by atoms with E-state index in [2.05, 4.69) is 37.9 Å². The second kappa shape index (κ2) is 4.05. The molecule has 1 aromatic heterocycles. The van der Waals surface area contributed by atoms with Gasteiger partial charge in [-0.15, -0.1) is 0 Å². The zero-order chi connectivity index (χ0) is 8.97. The predicted octanol–water partition coefficient (Wildman–Crippen LogP) is 3.20. The Balaban J connectivity index is 3.10. The van der Waals surface area contributed by atoms with Gasteiger partial charge in [-0.3, -0.25) is 4.98 Å². The summed E-state index contributed by atoms with van der Waals surface area (Å²) in [5, 5.41) is 0. The summed E-state index contributed by atoms with van der Waals surface area (Å²) < 4.78 is 0. The largest absolute Gasteiger partial charge is 0.261 e. The molecule has 0 saturated heterocycles. The number of nitrogens with zero attached hydrogens (tertiary/aromatic N) is 1. The molecule has 12 heavy (non-hydrogen) atoms. The SMILES string of the molecule is C/C=C(/CC)c1cccnc1C. The lowest BCUT2D eigenvalue weighted by Gasteiger charge is -2.06. The van der Waals surface area contributed by atoms with Crippen LogP contribution in [0.5, 0.6) is 0 Å². The maximum absolute atomic E-state index is 4.26. The molecule has 1 nitrogen and oxygen atoms in total. The van der Waals surface area contributed by atoms with Crippen molar-refractivity contribution in [2.24, 2.45) is 0 Å². The number of rotatable bonds is 2. The first-order valence-corrected chi connectivity index (χ1v) is 4.36. The molecule has 1 heterocycles. The molecule has 1 heteroatoms. The fourth-order valence-corrected chi connectivity index (χ4v) is 1.37. The van der Waals surface area contributed by atoms with Crippen LogP contribution in [0.25, 0.3) is 5.57 Å². The third-order valence-electron chi connectivity index (χ3n) is 2.08. The van der Waals surface area contributed by atoms with Gasteiger partial charge in [0.2, 0.25) is 0 Å². The highest BCUT2D eigenvalue weighted by Crippen LogP contribution is 2.19. The van der Waals surface area contributed by atoms with Gasteiger partial charge in [0.05, 0.1) is 0 Å². The van der Waals surface area contributed by atoms with Gasteiger partial charge in [0.25, 0.3) is 0 Å². The smallest absolute Gasteiger partial charge is 0.0447 e. The van der Waals surface area contributed by atoms with Crippen LogP contribution in [0.1, 0.15) is 31.5 Å². The lowest BCUT2D eigenvalue weighted by atomic mass is 10.0. The van der Waals surface area contributed by atoms with Crippen molar-refractivity contribution in [2.45, 2.75) is 27.2 Å². The molecule has 0 aliphatic carbocycles. The first-order chi connectivity index (χ1) is 5.79. The highest BCUT2D eigenvalue weighted by atomic mass is 14.7. The van der Waals surface area contributed by atoms with Gasteiger partial charge in [-0.25, -0.2) is 0 Å². The Morgan fingerprint density at radius 1 is 1.58 bits per heavy atom. The molecule has 0 N–H and O–H groups in total. The quantitative estimate of drug-likeness (QED) is 0.649. The van der Waals surface area contributed by atoms with Crippen molar-refractivity contribution in [3.05, 3.63) is 35.7 Å². The van der Waals surface area contributed by atoms with Crippen molar-refractivity contribution in [1.29, 1.82) is 0 Å². The zero-order valence-electron chi connectivity index (χ0n) is 7.96. The van der Waals surface area contributed by atoms with Crippen molar-refractivity contribution in [3.63, 3.8) is 0 Å². The Kier molecular flexibility index (Phi) is 3.03. The van der Waals surface area contributed by atoms with Crippen molar-refractivity contribution >= 4 is 5.57 Å². The van der Waals surface area contributed by atoms with Crippen molar-refractivity contribution in [1.82, 2.24) is 4.98 Å². The van der Waals surface area contributed by atoms with Gasteiger partial charge >= 0.3 is 0 Å². The highest BCUT2D eigenvalue weighted by Gasteiger charge is 2.00.